The number of ether oxygens (including phenoxy) is 1. The number of rotatable bonds is 4. The van der Waals surface area contributed by atoms with Gasteiger partial charge < -0.3 is 14.9 Å². The molecule has 22 heavy (non-hydrogen) atoms. The first-order chi connectivity index (χ1) is 10.5. The van der Waals surface area contributed by atoms with Crippen LogP contribution in [0.5, 0.6) is 17.2 Å². The van der Waals surface area contributed by atoms with E-state index in [-0.39, 0.29) is 17.1 Å². The van der Waals surface area contributed by atoms with Crippen LogP contribution < -0.4 is 10.2 Å². The van der Waals surface area contributed by atoms with Gasteiger partial charge in [0.25, 0.3) is 5.91 Å². The van der Waals surface area contributed by atoms with Crippen molar-refractivity contribution in [2.45, 2.75) is 0 Å². The minimum Gasteiger partial charge on any atom is -0.504 e. The third kappa shape index (κ3) is 3.32. The van der Waals surface area contributed by atoms with E-state index in [9.17, 15) is 19.4 Å². The van der Waals surface area contributed by atoms with Crippen molar-refractivity contribution in [3.05, 3.63) is 53.3 Å². The topological polar surface area (TPSA) is 91.2 Å². The fraction of sp³-hybridized carbons (Fsp3) is 0.0667. The number of nitrogens with zero attached hydrogens (tertiary/aromatic N) is 1. The lowest BCUT2D eigenvalue weighted by Gasteiger charge is -2.06. The first kappa shape index (κ1) is 15.3. The molecule has 7 heteroatoms. The molecule has 6 nitrogen and oxygen atoms in total. The number of benzene rings is 2. The molecular formula is C15H13FN2O4. The Kier molecular flexibility index (Phi) is 4.57. The van der Waals surface area contributed by atoms with Crippen molar-refractivity contribution in [1.82, 2.24) is 5.43 Å². The van der Waals surface area contributed by atoms with Gasteiger partial charge >= 0.3 is 0 Å². The summed E-state index contributed by atoms with van der Waals surface area (Å²) in [6.45, 7) is 0. The van der Waals surface area contributed by atoms with E-state index in [0.29, 0.717) is 5.56 Å². The van der Waals surface area contributed by atoms with Crippen molar-refractivity contribution >= 4 is 12.1 Å². The van der Waals surface area contributed by atoms with Crippen LogP contribution in [0, 0.1) is 5.82 Å². The molecule has 114 valence electrons. The number of phenols is 2. The molecule has 0 spiro atoms. The van der Waals surface area contributed by atoms with Crippen molar-refractivity contribution in [3.63, 3.8) is 0 Å². The number of nitrogens with one attached hydrogen (secondary N) is 1. The number of carbonyl (C=O) groups is 1. The number of carbonyl (C=O) groups excluding carboxylic acids is 1. The zero-order chi connectivity index (χ0) is 16.1. The van der Waals surface area contributed by atoms with Crippen LogP contribution in [0.4, 0.5) is 4.39 Å². The first-order valence-corrected chi connectivity index (χ1v) is 6.21. The van der Waals surface area contributed by atoms with E-state index >= 15 is 0 Å². The van der Waals surface area contributed by atoms with Crippen LogP contribution >= 0.6 is 0 Å². The molecule has 0 aliphatic heterocycles. The lowest BCUT2D eigenvalue weighted by molar-refractivity contribution is 0.0951. The molecule has 0 heterocycles. The zero-order valence-corrected chi connectivity index (χ0v) is 11.6. The second kappa shape index (κ2) is 6.57. The van der Waals surface area contributed by atoms with Gasteiger partial charge in [0.15, 0.2) is 11.5 Å². The molecule has 0 aromatic heterocycles. The smallest absolute Gasteiger partial charge is 0.274 e. The van der Waals surface area contributed by atoms with Crippen LogP contribution in [0.1, 0.15) is 15.9 Å². The van der Waals surface area contributed by atoms with Crippen LogP contribution in [-0.4, -0.2) is 29.4 Å². The Labute approximate surface area is 125 Å². The maximum Gasteiger partial charge on any atom is 0.274 e. The van der Waals surface area contributed by atoms with E-state index in [4.69, 9.17) is 4.74 Å². The Morgan fingerprint density at radius 3 is 2.73 bits per heavy atom. The molecule has 0 bridgehead atoms. The van der Waals surface area contributed by atoms with Crippen molar-refractivity contribution in [1.29, 1.82) is 0 Å². The molecular weight excluding hydrogens is 291 g/mol. The number of hydrazone groups is 1. The summed E-state index contributed by atoms with van der Waals surface area (Å²) in [5.41, 5.74) is 2.41. The lowest BCUT2D eigenvalue weighted by atomic mass is 10.2. The first-order valence-electron chi connectivity index (χ1n) is 6.21. The van der Waals surface area contributed by atoms with Gasteiger partial charge in [-0.15, -0.1) is 0 Å². The van der Waals surface area contributed by atoms with Crippen LogP contribution in [0.25, 0.3) is 0 Å². The predicted molar refractivity (Wildman–Crippen MR) is 77.8 cm³/mol. The van der Waals surface area contributed by atoms with Crippen molar-refractivity contribution in [2.75, 3.05) is 7.11 Å². The summed E-state index contributed by atoms with van der Waals surface area (Å²) in [6, 6.07) is 8.15. The minimum atomic E-state index is -0.704. The number of phenolic OH excluding ortho intramolecular Hbond substituents is 2. The summed E-state index contributed by atoms with van der Waals surface area (Å²) in [5, 5.41) is 22.7. The third-order valence-corrected chi connectivity index (χ3v) is 2.80. The third-order valence-electron chi connectivity index (χ3n) is 2.80. The predicted octanol–water partition coefficient (Wildman–Crippen LogP) is 2.01. The van der Waals surface area contributed by atoms with Crippen LogP contribution in [0.2, 0.25) is 0 Å². The van der Waals surface area contributed by atoms with Crippen molar-refractivity contribution < 1.29 is 24.1 Å². The average Bonchev–Trinajstić information content (AvgIpc) is 2.50. The van der Waals surface area contributed by atoms with E-state index in [1.165, 1.54) is 49.7 Å². The molecule has 3 N–H and O–H groups in total. The van der Waals surface area contributed by atoms with E-state index in [1.54, 1.807) is 0 Å². The standard InChI is InChI=1S/C15H13FN2O4/c1-22-13-7-9(6-12(19)14(13)20)8-17-18-15(21)10-4-2-3-5-11(10)16/h2-8,19-20H,1H3,(H,18,21)/b17-8+. The van der Waals surface area contributed by atoms with Gasteiger partial charge in [-0.2, -0.15) is 5.10 Å². The highest BCUT2D eigenvalue weighted by Gasteiger charge is 2.10. The summed E-state index contributed by atoms with van der Waals surface area (Å²) in [4.78, 5) is 11.7. The molecule has 0 radical (unpaired) electrons. The van der Waals surface area contributed by atoms with Gasteiger partial charge in [0.1, 0.15) is 5.82 Å². The van der Waals surface area contributed by atoms with Gasteiger partial charge in [0.2, 0.25) is 5.75 Å². The van der Waals surface area contributed by atoms with Crippen LogP contribution in [0.3, 0.4) is 0 Å². The Balaban J connectivity index is 2.12. The van der Waals surface area contributed by atoms with Gasteiger partial charge in [-0.3, -0.25) is 4.79 Å². The molecule has 1 amide bonds. The zero-order valence-electron chi connectivity index (χ0n) is 11.6. The largest absolute Gasteiger partial charge is 0.504 e. The van der Waals surface area contributed by atoms with Gasteiger partial charge in [-0.05, 0) is 24.3 Å². The molecule has 0 fully saturated rings. The molecule has 0 aliphatic rings. The average molecular weight is 304 g/mol. The molecule has 0 atom stereocenters. The molecule has 2 rings (SSSR count). The Morgan fingerprint density at radius 2 is 2.05 bits per heavy atom. The molecule has 0 aliphatic carbocycles. The molecule has 2 aromatic rings. The fourth-order valence-electron chi connectivity index (χ4n) is 1.72. The molecule has 2 aromatic carbocycles. The Hall–Kier alpha value is -3.09. The maximum absolute atomic E-state index is 13.4. The van der Waals surface area contributed by atoms with E-state index in [0.717, 1.165) is 0 Å². The number of methoxy groups -OCH3 is 1. The fourth-order valence-corrected chi connectivity index (χ4v) is 1.72. The summed E-state index contributed by atoms with van der Waals surface area (Å²) in [5.74, 6) is -2.08. The van der Waals surface area contributed by atoms with E-state index in [1.807, 2.05) is 0 Å². The van der Waals surface area contributed by atoms with E-state index in [2.05, 4.69) is 10.5 Å². The number of aromatic hydroxyl groups is 2. The number of halogens is 1. The highest BCUT2D eigenvalue weighted by Crippen LogP contribution is 2.35. The quantitative estimate of drug-likeness (QED) is 0.458. The highest BCUT2D eigenvalue weighted by atomic mass is 19.1. The monoisotopic (exact) mass is 304 g/mol. The maximum atomic E-state index is 13.4. The highest BCUT2D eigenvalue weighted by molar-refractivity contribution is 5.95. The Bertz CT molecular complexity index is 731. The summed E-state index contributed by atoms with van der Waals surface area (Å²) >= 11 is 0. The van der Waals surface area contributed by atoms with Crippen molar-refractivity contribution in [3.8, 4) is 17.2 Å². The van der Waals surface area contributed by atoms with Crippen LogP contribution in [-0.2, 0) is 0 Å². The lowest BCUT2D eigenvalue weighted by Crippen LogP contribution is -2.18. The second-order valence-electron chi connectivity index (χ2n) is 4.27. The van der Waals surface area contributed by atoms with Crippen LogP contribution in [0.15, 0.2) is 41.5 Å². The van der Waals surface area contributed by atoms with Crippen molar-refractivity contribution in [2.24, 2.45) is 5.10 Å². The number of amides is 1. The summed E-state index contributed by atoms with van der Waals surface area (Å²) < 4.78 is 18.3. The normalized spacial score (nSPS) is 10.6. The minimum absolute atomic E-state index is 0.0573. The number of hydrogen-bond donors (Lipinski definition) is 3. The Morgan fingerprint density at radius 1 is 1.32 bits per heavy atom. The second-order valence-corrected chi connectivity index (χ2v) is 4.27. The van der Waals surface area contributed by atoms with Gasteiger partial charge in [-0.25, -0.2) is 9.82 Å². The molecule has 0 saturated carbocycles. The van der Waals surface area contributed by atoms with E-state index < -0.39 is 17.5 Å². The van der Waals surface area contributed by atoms with Gasteiger partial charge in [0.05, 0.1) is 18.9 Å². The number of hydrogen-bond acceptors (Lipinski definition) is 5. The molecule has 0 unspecified atom stereocenters. The molecule has 0 saturated heterocycles. The summed E-state index contributed by atoms with van der Waals surface area (Å²) in [7, 11) is 1.33. The van der Waals surface area contributed by atoms with Gasteiger partial charge in [-0.1, -0.05) is 12.1 Å². The SMILES string of the molecule is COc1cc(/C=N/NC(=O)c2ccccc2F)cc(O)c1O. The summed E-state index contributed by atoms with van der Waals surface area (Å²) in [6.07, 6.45) is 1.22. The van der Waals surface area contributed by atoms with Gasteiger partial charge in [0, 0.05) is 5.56 Å².